The van der Waals surface area contributed by atoms with Gasteiger partial charge in [0.15, 0.2) is 0 Å². The number of furan rings is 1. The zero-order chi connectivity index (χ0) is 13.9. The second-order valence-electron chi connectivity index (χ2n) is 4.37. The Hall–Kier alpha value is -2.82. The van der Waals surface area contributed by atoms with Gasteiger partial charge in [-0.1, -0.05) is 12.1 Å². The van der Waals surface area contributed by atoms with Crippen molar-refractivity contribution in [3.8, 4) is 0 Å². The van der Waals surface area contributed by atoms with E-state index in [2.05, 4.69) is 10.3 Å². The van der Waals surface area contributed by atoms with Crippen LogP contribution in [0.2, 0.25) is 0 Å². The molecule has 20 heavy (non-hydrogen) atoms. The van der Waals surface area contributed by atoms with E-state index in [1.54, 1.807) is 6.26 Å². The zero-order valence-corrected chi connectivity index (χ0v) is 10.5. The highest BCUT2D eigenvalue weighted by molar-refractivity contribution is 5.93. The molecule has 1 aromatic carbocycles. The quantitative estimate of drug-likeness (QED) is 0.760. The van der Waals surface area contributed by atoms with Gasteiger partial charge in [-0.3, -0.25) is 4.98 Å². The molecule has 0 aliphatic carbocycles. The van der Waals surface area contributed by atoms with Crippen LogP contribution in [0.15, 0.2) is 53.4 Å². The van der Waals surface area contributed by atoms with Gasteiger partial charge in [0.05, 0.1) is 23.7 Å². The van der Waals surface area contributed by atoms with Gasteiger partial charge in [-0.25, -0.2) is 4.79 Å². The van der Waals surface area contributed by atoms with E-state index in [0.717, 1.165) is 16.5 Å². The van der Waals surface area contributed by atoms with Crippen molar-refractivity contribution in [2.75, 3.05) is 5.32 Å². The van der Waals surface area contributed by atoms with Crippen LogP contribution in [-0.4, -0.2) is 16.1 Å². The zero-order valence-electron chi connectivity index (χ0n) is 10.5. The fraction of sp³-hybridized carbons (Fsp3) is 0.0667. The molecule has 5 heteroatoms. The van der Waals surface area contributed by atoms with Crippen molar-refractivity contribution in [3.63, 3.8) is 0 Å². The van der Waals surface area contributed by atoms with Crippen molar-refractivity contribution in [2.24, 2.45) is 0 Å². The standard InChI is InChI=1S/C15H12N2O3/c18-15(19)12-3-5-16-9-13(12)17-8-10-1-2-11-4-6-20-14(11)7-10/h1-7,9,17H,8H2,(H,18,19). The number of carboxylic acids is 1. The molecule has 2 aromatic heterocycles. The van der Waals surface area contributed by atoms with E-state index in [0.29, 0.717) is 12.2 Å². The third kappa shape index (κ3) is 2.33. The van der Waals surface area contributed by atoms with Gasteiger partial charge < -0.3 is 14.8 Å². The summed E-state index contributed by atoms with van der Waals surface area (Å²) in [7, 11) is 0. The van der Waals surface area contributed by atoms with Crippen molar-refractivity contribution in [3.05, 3.63) is 60.1 Å². The number of nitrogens with zero attached hydrogens (tertiary/aromatic N) is 1. The molecule has 0 saturated carbocycles. The average molecular weight is 268 g/mol. The van der Waals surface area contributed by atoms with Crippen molar-refractivity contribution < 1.29 is 14.3 Å². The summed E-state index contributed by atoms with van der Waals surface area (Å²) < 4.78 is 5.34. The molecule has 2 N–H and O–H groups in total. The number of rotatable bonds is 4. The van der Waals surface area contributed by atoms with Crippen molar-refractivity contribution in [1.29, 1.82) is 0 Å². The molecule has 100 valence electrons. The van der Waals surface area contributed by atoms with Gasteiger partial charge in [0.25, 0.3) is 0 Å². The lowest BCUT2D eigenvalue weighted by Crippen LogP contribution is -2.06. The number of aromatic carboxylic acids is 1. The molecule has 0 spiro atoms. The molecule has 0 saturated heterocycles. The van der Waals surface area contributed by atoms with Gasteiger partial charge in [-0.05, 0) is 23.8 Å². The normalized spacial score (nSPS) is 10.6. The summed E-state index contributed by atoms with van der Waals surface area (Å²) in [6.45, 7) is 0.503. The number of carboxylic acid groups (broad SMARTS) is 1. The Morgan fingerprint density at radius 1 is 1.30 bits per heavy atom. The fourth-order valence-corrected chi connectivity index (χ4v) is 2.03. The van der Waals surface area contributed by atoms with Crippen LogP contribution in [0.3, 0.4) is 0 Å². The summed E-state index contributed by atoms with van der Waals surface area (Å²) >= 11 is 0. The third-order valence-electron chi connectivity index (χ3n) is 3.06. The number of fused-ring (bicyclic) bond motifs is 1. The van der Waals surface area contributed by atoms with Gasteiger partial charge in [-0.2, -0.15) is 0 Å². The van der Waals surface area contributed by atoms with Crippen LogP contribution in [0.25, 0.3) is 11.0 Å². The molecule has 0 bridgehead atoms. The lowest BCUT2D eigenvalue weighted by molar-refractivity contribution is 0.0698. The molecule has 0 fully saturated rings. The molecule has 2 heterocycles. The minimum Gasteiger partial charge on any atom is -0.478 e. The van der Waals surface area contributed by atoms with Crippen LogP contribution in [0.1, 0.15) is 15.9 Å². The Kier molecular flexibility index (Phi) is 3.09. The molecule has 0 amide bonds. The molecule has 5 nitrogen and oxygen atoms in total. The first kappa shape index (κ1) is 12.2. The minimum absolute atomic E-state index is 0.207. The van der Waals surface area contributed by atoms with Crippen molar-refractivity contribution in [1.82, 2.24) is 4.98 Å². The van der Waals surface area contributed by atoms with E-state index in [9.17, 15) is 4.79 Å². The maximum absolute atomic E-state index is 11.1. The number of nitrogens with one attached hydrogen (secondary N) is 1. The largest absolute Gasteiger partial charge is 0.478 e. The molecule has 0 radical (unpaired) electrons. The van der Waals surface area contributed by atoms with E-state index in [1.807, 2.05) is 24.3 Å². The van der Waals surface area contributed by atoms with Crippen LogP contribution < -0.4 is 5.32 Å². The first-order chi connectivity index (χ1) is 9.74. The predicted molar refractivity (Wildman–Crippen MR) is 74.7 cm³/mol. The Labute approximate surface area is 114 Å². The maximum Gasteiger partial charge on any atom is 0.337 e. The summed E-state index contributed by atoms with van der Waals surface area (Å²) in [6, 6.07) is 9.24. The smallest absolute Gasteiger partial charge is 0.337 e. The molecule has 0 unspecified atom stereocenters. The Balaban J connectivity index is 1.80. The number of anilines is 1. The average Bonchev–Trinajstić information content (AvgIpc) is 2.92. The van der Waals surface area contributed by atoms with E-state index in [1.165, 1.54) is 18.5 Å². The van der Waals surface area contributed by atoms with Gasteiger partial charge in [-0.15, -0.1) is 0 Å². The van der Waals surface area contributed by atoms with E-state index >= 15 is 0 Å². The lowest BCUT2D eigenvalue weighted by Gasteiger charge is -2.08. The van der Waals surface area contributed by atoms with Gasteiger partial charge in [0.1, 0.15) is 5.58 Å². The third-order valence-corrected chi connectivity index (χ3v) is 3.06. The lowest BCUT2D eigenvalue weighted by atomic mass is 10.1. The van der Waals surface area contributed by atoms with E-state index in [-0.39, 0.29) is 5.56 Å². The molecule has 0 aliphatic heterocycles. The van der Waals surface area contributed by atoms with Crippen molar-refractivity contribution in [2.45, 2.75) is 6.54 Å². The summed E-state index contributed by atoms with van der Waals surface area (Å²) in [4.78, 5) is 15.0. The molecule has 3 aromatic rings. The van der Waals surface area contributed by atoms with Gasteiger partial charge in [0.2, 0.25) is 0 Å². The molecule has 0 atom stereocenters. The number of carbonyl (C=O) groups is 1. The Morgan fingerprint density at radius 2 is 2.20 bits per heavy atom. The van der Waals surface area contributed by atoms with E-state index < -0.39 is 5.97 Å². The number of hydrogen-bond donors (Lipinski definition) is 2. The fourth-order valence-electron chi connectivity index (χ4n) is 2.03. The summed E-state index contributed by atoms with van der Waals surface area (Å²) in [5.74, 6) is -0.976. The van der Waals surface area contributed by atoms with Crippen molar-refractivity contribution >= 4 is 22.6 Å². The maximum atomic E-state index is 11.1. The molecule has 3 rings (SSSR count). The first-order valence-corrected chi connectivity index (χ1v) is 6.11. The van der Waals surface area contributed by atoms with Gasteiger partial charge in [0, 0.05) is 18.1 Å². The highest BCUT2D eigenvalue weighted by Gasteiger charge is 2.09. The van der Waals surface area contributed by atoms with Crippen LogP contribution in [0, 0.1) is 0 Å². The van der Waals surface area contributed by atoms with Gasteiger partial charge >= 0.3 is 5.97 Å². The number of hydrogen-bond acceptors (Lipinski definition) is 4. The topological polar surface area (TPSA) is 75.4 Å². The monoisotopic (exact) mass is 268 g/mol. The molecule has 0 aliphatic rings. The first-order valence-electron chi connectivity index (χ1n) is 6.11. The van der Waals surface area contributed by atoms with Crippen LogP contribution in [0.4, 0.5) is 5.69 Å². The number of pyridine rings is 1. The minimum atomic E-state index is -0.976. The SMILES string of the molecule is O=C(O)c1ccncc1NCc1ccc2ccoc2c1. The highest BCUT2D eigenvalue weighted by atomic mass is 16.4. The van der Waals surface area contributed by atoms with Crippen LogP contribution >= 0.6 is 0 Å². The molecular formula is C15H12N2O3. The Bertz CT molecular complexity index is 764. The molecular weight excluding hydrogens is 256 g/mol. The Morgan fingerprint density at radius 3 is 3.05 bits per heavy atom. The highest BCUT2D eigenvalue weighted by Crippen LogP contribution is 2.19. The summed E-state index contributed by atoms with van der Waals surface area (Å²) in [5, 5.41) is 13.2. The second-order valence-corrected chi connectivity index (χ2v) is 4.37. The predicted octanol–water partition coefficient (Wildman–Crippen LogP) is 3.14. The summed E-state index contributed by atoms with van der Waals surface area (Å²) in [6.07, 6.45) is 4.62. The summed E-state index contributed by atoms with van der Waals surface area (Å²) in [5.41, 5.74) is 2.53. The van der Waals surface area contributed by atoms with Crippen LogP contribution in [0.5, 0.6) is 0 Å². The van der Waals surface area contributed by atoms with E-state index in [4.69, 9.17) is 9.52 Å². The number of aromatic nitrogens is 1. The van der Waals surface area contributed by atoms with Crippen LogP contribution in [-0.2, 0) is 6.54 Å². The second kappa shape index (κ2) is 5.05. The number of benzene rings is 1.